The second kappa shape index (κ2) is 7.49. The first-order chi connectivity index (χ1) is 12.7. The van der Waals surface area contributed by atoms with Crippen LogP contribution in [0.4, 0.5) is 0 Å². The van der Waals surface area contributed by atoms with Crippen molar-refractivity contribution in [3.05, 3.63) is 68.9 Å². The van der Waals surface area contributed by atoms with Crippen LogP contribution in [0.5, 0.6) is 0 Å². The quantitative estimate of drug-likeness (QED) is 0.749. The topological polar surface area (TPSA) is 69.0 Å². The molecule has 2 atom stereocenters. The molecule has 1 aliphatic heterocycles. The Labute approximate surface area is 155 Å². The summed E-state index contributed by atoms with van der Waals surface area (Å²) in [6.45, 7) is 3.93. The summed E-state index contributed by atoms with van der Waals surface area (Å²) in [5, 5.41) is 10.2. The summed E-state index contributed by atoms with van der Waals surface area (Å²) in [7, 11) is 0. The monoisotopic (exact) mass is 368 g/mol. The van der Waals surface area contributed by atoms with Gasteiger partial charge >= 0.3 is 0 Å². The highest BCUT2D eigenvalue weighted by atomic mass is 32.1. The second-order valence-corrected chi connectivity index (χ2v) is 7.36. The smallest absolute Gasteiger partial charge is 0.267 e. The normalized spacial score (nSPS) is 19.7. The molecular weight excluding hydrogens is 348 g/mol. The van der Waals surface area contributed by atoms with Gasteiger partial charge in [0.15, 0.2) is 0 Å². The lowest BCUT2D eigenvalue weighted by Crippen LogP contribution is -2.41. The molecule has 7 heteroatoms. The molecule has 3 aromatic rings. The lowest BCUT2D eigenvalue weighted by molar-refractivity contribution is 0.181. The number of nitrogens with one attached hydrogen (secondary N) is 1. The summed E-state index contributed by atoms with van der Waals surface area (Å²) >= 11 is 1.74. The third kappa shape index (κ3) is 3.46. The van der Waals surface area contributed by atoms with Gasteiger partial charge in [0.05, 0.1) is 31.0 Å². The third-order valence-corrected chi connectivity index (χ3v) is 5.66. The molecule has 0 aromatic carbocycles. The van der Waals surface area contributed by atoms with Crippen LogP contribution in [0, 0.1) is 6.92 Å². The summed E-state index contributed by atoms with van der Waals surface area (Å²) in [6.07, 6.45) is 3.47. The molecule has 0 radical (unpaired) electrons. The number of aromatic nitrogens is 3. The fourth-order valence-corrected chi connectivity index (χ4v) is 3.98. The third-order valence-electron chi connectivity index (χ3n) is 4.64. The van der Waals surface area contributed by atoms with Crippen molar-refractivity contribution in [1.29, 1.82) is 0 Å². The molecule has 4 heterocycles. The molecule has 0 aliphatic carbocycles. The van der Waals surface area contributed by atoms with Crippen LogP contribution in [-0.2, 0) is 11.3 Å². The zero-order valence-electron chi connectivity index (χ0n) is 14.5. The number of thiophene rings is 1. The molecule has 2 unspecified atom stereocenters. The van der Waals surface area contributed by atoms with E-state index < -0.39 is 0 Å². The minimum atomic E-state index is -0.126. The average molecular weight is 368 g/mol. The Kier molecular flexibility index (Phi) is 4.92. The molecule has 4 rings (SSSR count). The first-order valence-corrected chi connectivity index (χ1v) is 9.45. The molecule has 1 aliphatic rings. The van der Waals surface area contributed by atoms with Gasteiger partial charge in [0.1, 0.15) is 0 Å². The van der Waals surface area contributed by atoms with E-state index in [-0.39, 0.29) is 17.6 Å². The summed E-state index contributed by atoms with van der Waals surface area (Å²) in [4.78, 5) is 17.9. The van der Waals surface area contributed by atoms with Gasteiger partial charge in [0, 0.05) is 35.4 Å². The molecule has 26 heavy (non-hydrogen) atoms. The molecule has 0 spiro atoms. The largest absolute Gasteiger partial charge is 0.377 e. The van der Waals surface area contributed by atoms with E-state index >= 15 is 0 Å². The summed E-state index contributed by atoms with van der Waals surface area (Å²) in [5.74, 6) is 0. The van der Waals surface area contributed by atoms with Crippen molar-refractivity contribution in [1.82, 2.24) is 20.1 Å². The molecule has 134 valence electrons. The van der Waals surface area contributed by atoms with E-state index in [4.69, 9.17) is 4.74 Å². The second-order valence-electron chi connectivity index (χ2n) is 6.36. The van der Waals surface area contributed by atoms with Gasteiger partial charge in [-0.25, -0.2) is 4.68 Å². The van der Waals surface area contributed by atoms with Crippen LogP contribution in [0.3, 0.4) is 0 Å². The van der Waals surface area contributed by atoms with Crippen LogP contribution in [0.2, 0.25) is 0 Å². The molecule has 1 N–H and O–H groups in total. The average Bonchev–Trinajstić information content (AvgIpc) is 3.30. The predicted octanol–water partition coefficient (Wildman–Crippen LogP) is 2.40. The Balaban J connectivity index is 1.57. The number of hydrogen-bond donors (Lipinski definition) is 1. The Morgan fingerprint density at radius 3 is 3.00 bits per heavy atom. The number of rotatable bonds is 5. The van der Waals surface area contributed by atoms with Crippen molar-refractivity contribution in [2.24, 2.45) is 0 Å². The standard InChI is InChI=1S/C19H20N4O2S/c1-13-6-8-26-18(13)10-21-16-11-25-12-17(16)23-19(24)5-4-15(22-23)14-3-2-7-20-9-14/h2-9,16-17,21H,10-12H2,1H3. The van der Waals surface area contributed by atoms with E-state index in [1.807, 2.05) is 12.1 Å². The predicted molar refractivity (Wildman–Crippen MR) is 101 cm³/mol. The maximum Gasteiger partial charge on any atom is 0.267 e. The van der Waals surface area contributed by atoms with Gasteiger partial charge in [-0.3, -0.25) is 9.78 Å². The van der Waals surface area contributed by atoms with Gasteiger partial charge in [-0.15, -0.1) is 11.3 Å². The Morgan fingerprint density at radius 1 is 1.31 bits per heavy atom. The van der Waals surface area contributed by atoms with Gasteiger partial charge in [-0.1, -0.05) is 0 Å². The molecule has 3 aromatic heterocycles. The first kappa shape index (κ1) is 17.1. The van der Waals surface area contributed by atoms with E-state index in [1.54, 1.807) is 40.5 Å². The fraction of sp³-hybridized carbons (Fsp3) is 0.316. The zero-order valence-corrected chi connectivity index (χ0v) is 15.3. The SMILES string of the molecule is Cc1ccsc1CNC1COCC1n1nc(-c2cccnc2)ccc1=O. The molecular formula is C19H20N4O2S. The van der Waals surface area contributed by atoms with Crippen molar-refractivity contribution >= 4 is 11.3 Å². The van der Waals surface area contributed by atoms with Crippen molar-refractivity contribution in [2.75, 3.05) is 13.2 Å². The summed E-state index contributed by atoms with van der Waals surface area (Å²) in [5.41, 5.74) is 2.79. The van der Waals surface area contributed by atoms with Gasteiger partial charge in [-0.05, 0) is 42.1 Å². The fourth-order valence-electron chi connectivity index (χ4n) is 3.12. The Bertz CT molecular complexity index is 938. The van der Waals surface area contributed by atoms with Crippen LogP contribution >= 0.6 is 11.3 Å². The molecule has 1 fully saturated rings. The minimum absolute atomic E-state index is 0.0471. The molecule has 6 nitrogen and oxygen atoms in total. The molecule has 0 amide bonds. The van der Waals surface area contributed by atoms with Crippen LogP contribution < -0.4 is 10.9 Å². The maximum atomic E-state index is 12.4. The number of ether oxygens (including phenoxy) is 1. The van der Waals surface area contributed by atoms with Crippen LogP contribution in [0.15, 0.2) is 52.9 Å². The maximum absolute atomic E-state index is 12.4. The highest BCUT2D eigenvalue weighted by molar-refractivity contribution is 7.10. The lowest BCUT2D eigenvalue weighted by atomic mass is 10.1. The highest BCUT2D eigenvalue weighted by Crippen LogP contribution is 2.21. The molecule has 0 bridgehead atoms. The van der Waals surface area contributed by atoms with E-state index in [0.717, 1.165) is 17.8 Å². The minimum Gasteiger partial charge on any atom is -0.377 e. The number of hydrogen-bond acceptors (Lipinski definition) is 6. The van der Waals surface area contributed by atoms with Gasteiger partial charge in [0.2, 0.25) is 0 Å². The summed E-state index contributed by atoms with van der Waals surface area (Å²) in [6, 6.07) is 9.14. The van der Waals surface area contributed by atoms with Crippen LogP contribution in [0.25, 0.3) is 11.3 Å². The van der Waals surface area contributed by atoms with E-state index in [2.05, 4.69) is 33.8 Å². The first-order valence-electron chi connectivity index (χ1n) is 8.57. The number of pyridine rings is 1. The van der Waals surface area contributed by atoms with E-state index in [0.29, 0.717) is 13.2 Å². The van der Waals surface area contributed by atoms with Gasteiger partial charge in [-0.2, -0.15) is 5.10 Å². The molecule has 0 saturated carbocycles. The molecule has 1 saturated heterocycles. The van der Waals surface area contributed by atoms with E-state index in [1.165, 1.54) is 10.4 Å². The van der Waals surface area contributed by atoms with E-state index in [9.17, 15) is 4.79 Å². The van der Waals surface area contributed by atoms with Crippen molar-refractivity contribution in [2.45, 2.75) is 25.6 Å². The zero-order chi connectivity index (χ0) is 17.9. The van der Waals surface area contributed by atoms with Crippen molar-refractivity contribution < 1.29 is 4.74 Å². The van der Waals surface area contributed by atoms with Crippen LogP contribution in [-0.4, -0.2) is 34.0 Å². The van der Waals surface area contributed by atoms with Gasteiger partial charge in [0.25, 0.3) is 5.56 Å². The lowest BCUT2D eigenvalue weighted by Gasteiger charge is -2.20. The van der Waals surface area contributed by atoms with Crippen molar-refractivity contribution in [3.8, 4) is 11.3 Å². The highest BCUT2D eigenvalue weighted by Gasteiger charge is 2.31. The van der Waals surface area contributed by atoms with Crippen LogP contribution in [0.1, 0.15) is 16.5 Å². The number of aryl methyl sites for hydroxylation is 1. The van der Waals surface area contributed by atoms with Crippen molar-refractivity contribution in [3.63, 3.8) is 0 Å². The number of nitrogens with zero attached hydrogens (tertiary/aromatic N) is 3. The summed E-state index contributed by atoms with van der Waals surface area (Å²) < 4.78 is 7.20. The van der Waals surface area contributed by atoms with Gasteiger partial charge < -0.3 is 10.1 Å². The Morgan fingerprint density at radius 2 is 2.23 bits per heavy atom. The Hall–Kier alpha value is -2.35.